The van der Waals surface area contributed by atoms with E-state index in [1.807, 2.05) is 10.7 Å². The summed E-state index contributed by atoms with van der Waals surface area (Å²) in [5.74, 6) is 2.32. The number of nitrogens with zero attached hydrogens (tertiary/aromatic N) is 4. The van der Waals surface area contributed by atoms with E-state index in [2.05, 4.69) is 41.0 Å². The third-order valence-corrected chi connectivity index (χ3v) is 7.02. The molecule has 1 saturated carbocycles. The summed E-state index contributed by atoms with van der Waals surface area (Å²) < 4.78 is 7.57. The van der Waals surface area contributed by atoms with Crippen LogP contribution in [0, 0.1) is 12.8 Å². The molecule has 7 heteroatoms. The number of fused-ring (bicyclic) bond motifs is 1. The highest BCUT2D eigenvalue weighted by Gasteiger charge is 2.33. The van der Waals surface area contributed by atoms with E-state index in [0.29, 0.717) is 17.3 Å². The van der Waals surface area contributed by atoms with Crippen LogP contribution in [-0.2, 0) is 6.54 Å². The number of aromatic amines is 1. The Morgan fingerprint density at radius 1 is 1.23 bits per heavy atom. The Bertz CT molecular complexity index is 1140. The SMILES string of the molecule is COc1ccc(C)cc1CN1C[C@@H](C)[C@H](c2nc3c(cnn3C3CCCC3)c(=O)[nH]2)C1. The van der Waals surface area contributed by atoms with Crippen LogP contribution in [0.1, 0.15) is 61.5 Å². The predicted molar refractivity (Wildman–Crippen MR) is 121 cm³/mol. The molecule has 0 unspecified atom stereocenters. The molecule has 1 aromatic carbocycles. The fraction of sp³-hybridized carbons (Fsp3) is 0.542. The minimum atomic E-state index is -0.0738. The van der Waals surface area contributed by atoms with Gasteiger partial charge >= 0.3 is 0 Å². The third kappa shape index (κ3) is 3.76. The molecule has 2 fully saturated rings. The molecule has 31 heavy (non-hydrogen) atoms. The summed E-state index contributed by atoms with van der Waals surface area (Å²) in [5, 5.41) is 5.13. The lowest BCUT2D eigenvalue weighted by molar-refractivity contribution is 0.309. The highest BCUT2D eigenvalue weighted by atomic mass is 16.5. The van der Waals surface area contributed by atoms with Gasteiger partial charge in [0.1, 0.15) is 17.0 Å². The van der Waals surface area contributed by atoms with Gasteiger partial charge in [0.25, 0.3) is 5.56 Å². The molecule has 5 rings (SSSR count). The van der Waals surface area contributed by atoms with Crippen LogP contribution in [0.5, 0.6) is 5.75 Å². The van der Waals surface area contributed by atoms with Crippen LogP contribution < -0.4 is 10.3 Å². The van der Waals surface area contributed by atoms with Gasteiger partial charge in [-0.15, -0.1) is 0 Å². The monoisotopic (exact) mass is 421 g/mol. The lowest BCUT2D eigenvalue weighted by atomic mass is 9.97. The summed E-state index contributed by atoms with van der Waals surface area (Å²) >= 11 is 0. The Balaban J connectivity index is 1.42. The third-order valence-electron chi connectivity index (χ3n) is 7.02. The zero-order valence-electron chi connectivity index (χ0n) is 18.6. The molecule has 1 N–H and O–H groups in total. The fourth-order valence-corrected chi connectivity index (χ4v) is 5.37. The second-order valence-electron chi connectivity index (χ2n) is 9.31. The minimum absolute atomic E-state index is 0.0738. The van der Waals surface area contributed by atoms with Crippen molar-refractivity contribution in [2.75, 3.05) is 20.2 Å². The average Bonchev–Trinajstić information content (AvgIpc) is 3.48. The van der Waals surface area contributed by atoms with Crippen molar-refractivity contribution in [2.45, 2.75) is 58.0 Å². The smallest absolute Gasteiger partial charge is 0.262 e. The van der Waals surface area contributed by atoms with Gasteiger partial charge in [-0.3, -0.25) is 9.69 Å². The van der Waals surface area contributed by atoms with Crippen molar-refractivity contribution in [1.29, 1.82) is 0 Å². The van der Waals surface area contributed by atoms with E-state index in [1.54, 1.807) is 13.3 Å². The van der Waals surface area contributed by atoms with Crippen molar-refractivity contribution in [2.24, 2.45) is 5.92 Å². The normalized spacial score (nSPS) is 22.5. The summed E-state index contributed by atoms with van der Waals surface area (Å²) in [4.78, 5) is 23.3. The maximum absolute atomic E-state index is 12.8. The Kier molecular flexibility index (Phi) is 5.30. The summed E-state index contributed by atoms with van der Waals surface area (Å²) in [6.07, 6.45) is 6.36. The number of methoxy groups -OCH3 is 1. The van der Waals surface area contributed by atoms with Crippen molar-refractivity contribution in [3.05, 3.63) is 51.7 Å². The first-order chi connectivity index (χ1) is 15.0. The van der Waals surface area contributed by atoms with Gasteiger partial charge in [-0.25, -0.2) is 9.67 Å². The molecule has 2 atom stereocenters. The zero-order chi connectivity index (χ0) is 21.5. The maximum atomic E-state index is 12.8. The molecule has 1 aliphatic carbocycles. The van der Waals surface area contributed by atoms with Crippen LogP contribution in [0.3, 0.4) is 0 Å². The van der Waals surface area contributed by atoms with Gasteiger partial charge in [0.15, 0.2) is 5.65 Å². The Morgan fingerprint density at radius 2 is 2.03 bits per heavy atom. The lowest BCUT2D eigenvalue weighted by Gasteiger charge is -2.18. The minimum Gasteiger partial charge on any atom is -0.496 e. The van der Waals surface area contributed by atoms with Crippen LogP contribution >= 0.6 is 0 Å². The Morgan fingerprint density at radius 3 is 2.81 bits per heavy atom. The number of hydrogen-bond donors (Lipinski definition) is 1. The van der Waals surface area contributed by atoms with Gasteiger partial charge < -0.3 is 9.72 Å². The average molecular weight is 422 g/mol. The molecule has 1 saturated heterocycles. The van der Waals surface area contributed by atoms with Crippen LogP contribution in [-0.4, -0.2) is 44.8 Å². The van der Waals surface area contributed by atoms with Gasteiger partial charge in [0.2, 0.25) is 0 Å². The first-order valence-corrected chi connectivity index (χ1v) is 11.4. The van der Waals surface area contributed by atoms with Crippen molar-refractivity contribution in [1.82, 2.24) is 24.6 Å². The zero-order valence-corrected chi connectivity index (χ0v) is 18.6. The molecular weight excluding hydrogens is 390 g/mol. The van der Waals surface area contributed by atoms with E-state index in [9.17, 15) is 4.79 Å². The van der Waals surface area contributed by atoms with Crippen molar-refractivity contribution in [3.63, 3.8) is 0 Å². The van der Waals surface area contributed by atoms with Crippen LogP contribution in [0.25, 0.3) is 11.0 Å². The highest BCUT2D eigenvalue weighted by molar-refractivity contribution is 5.73. The molecule has 0 spiro atoms. The topological polar surface area (TPSA) is 76.0 Å². The van der Waals surface area contributed by atoms with E-state index in [1.165, 1.54) is 24.0 Å². The van der Waals surface area contributed by atoms with Crippen molar-refractivity contribution < 1.29 is 4.74 Å². The predicted octanol–water partition coefficient (Wildman–Crippen LogP) is 3.79. The largest absolute Gasteiger partial charge is 0.496 e. The molecule has 1 aliphatic heterocycles. The molecule has 7 nitrogen and oxygen atoms in total. The molecular formula is C24H31N5O2. The van der Waals surface area contributed by atoms with Gasteiger partial charge in [0.05, 0.1) is 19.3 Å². The van der Waals surface area contributed by atoms with E-state index in [-0.39, 0.29) is 11.5 Å². The number of aromatic nitrogens is 4. The number of nitrogens with one attached hydrogen (secondary N) is 1. The van der Waals surface area contributed by atoms with Gasteiger partial charge in [-0.2, -0.15) is 5.10 Å². The van der Waals surface area contributed by atoms with E-state index in [0.717, 1.165) is 49.7 Å². The lowest BCUT2D eigenvalue weighted by Crippen LogP contribution is -2.22. The van der Waals surface area contributed by atoms with Crippen LogP contribution in [0.4, 0.5) is 0 Å². The molecule has 0 amide bonds. The number of H-pyrrole nitrogens is 1. The van der Waals surface area contributed by atoms with Crippen LogP contribution in [0.2, 0.25) is 0 Å². The summed E-state index contributed by atoms with van der Waals surface area (Å²) in [7, 11) is 1.72. The summed E-state index contributed by atoms with van der Waals surface area (Å²) in [6.45, 7) is 7.01. The van der Waals surface area contributed by atoms with Crippen molar-refractivity contribution >= 4 is 11.0 Å². The fourth-order valence-electron chi connectivity index (χ4n) is 5.37. The number of benzene rings is 1. The molecule has 3 aromatic rings. The van der Waals surface area contributed by atoms with E-state index >= 15 is 0 Å². The molecule has 0 radical (unpaired) electrons. The second-order valence-corrected chi connectivity index (χ2v) is 9.31. The summed E-state index contributed by atoms with van der Waals surface area (Å²) in [6, 6.07) is 6.68. The van der Waals surface area contributed by atoms with E-state index in [4.69, 9.17) is 9.72 Å². The quantitative estimate of drug-likeness (QED) is 0.678. The Labute approximate surface area is 182 Å². The van der Waals surface area contributed by atoms with Gasteiger partial charge in [-0.05, 0) is 31.7 Å². The van der Waals surface area contributed by atoms with Gasteiger partial charge in [0, 0.05) is 31.1 Å². The molecule has 3 heterocycles. The van der Waals surface area contributed by atoms with E-state index < -0.39 is 0 Å². The first kappa shape index (κ1) is 20.2. The van der Waals surface area contributed by atoms with Gasteiger partial charge in [-0.1, -0.05) is 37.5 Å². The molecule has 164 valence electrons. The number of aryl methyl sites for hydroxylation is 1. The number of rotatable bonds is 5. The number of hydrogen-bond acceptors (Lipinski definition) is 5. The maximum Gasteiger partial charge on any atom is 0.262 e. The highest BCUT2D eigenvalue weighted by Crippen LogP contribution is 2.34. The first-order valence-electron chi connectivity index (χ1n) is 11.4. The molecule has 2 aromatic heterocycles. The number of likely N-dealkylation sites (tertiary alicyclic amines) is 1. The Hall–Kier alpha value is -2.67. The number of ether oxygens (including phenoxy) is 1. The second kappa shape index (κ2) is 8.11. The standard InChI is InChI=1S/C24H31N5O2/c1-15-8-9-21(31-3)17(10-15)13-28-12-16(2)20(14-28)22-26-23-19(24(30)27-22)11-25-29(23)18-6-4-5-7-18/h8-11,16,18,20H,4-7,12-14H2,1-3H3,(H,26,27,30)/t16-,20-/m1/s1. The van der Waals surface area contributed by atoms with Crippen molar-refractivity contribution in [3.8, 4) is 5.75 Å². The van der Waals surface area contributed by atoms with Crippen LogP contribution in [0.15, 0.2) is 29.2 Å². The molecule has 0 bridgehead atoms. The summed E-state index contributed by atoms with van der Waals surface area (Å²) in [5.41, 5.74) is 3.11. The molecule has 2 aliphatic rings.